The maximum absolute atomic E-state index is 12.4. The predicted octanol–water partition coefficient (Wildman–Crippen LogP) is 3.76. The summed E-state index contributed by atoms with van der Waals surface area (Å²) >= 11 is 5.96. The van der Waals surface area contributed by atoms with Gasteiger partial charge in [0.2, 0.25) is 0 Å². The van der Waals surface area contributed by atoms with Gasteiger partial charge in [0.1, 0.15) is 12.4 Å². The fourth-order valence-electron chi connectivity index (χ4n) is 2.07. The minimum absolute atomic E-state index is 0. The molecule has 0 aromatic heterocycles. The highest BCUT2D eigenvalue weighted by molar-refractivity contribution is 6.30. The van der Waals surface area contributed by atoms with Crippen LogP contribution in [-0.4, -0.2) is 30.4 Å². The lowest BCUT2D eigenvalue weighted by Crippen LogP contribution is -2.39. The number of hydrogen-bond acceptors (Lipinski definition) is 3. The zero-order valence-corrected chi connectivity index (χ0v) is 15.3. The van der Waals surface area contributed by atoms with E-state index in [1.54, 1.807) is 24.1 Å². The molecule has 0 fully saturated rings. The molecule has 0 aliphatic rings. The first-order valence-corrected chi connectivity index (χ1v) is 7.83. The van der Waals surface area contributed by atoms with Crippen LogP contribution in [-0.2, 0) is 6.61 Å². The molecule has 130 valence electrons. The Hall–Kier alpha value is -1.75. The van der Waals surface area contributed by atoms with Crippen LogP contribution < -0.4 is 10.5 Å². The van der Waals surface area contributed by atoms with Crippen LogP contribution in [0.25, 0.3) is 0 Å². The fourth-order valence-corrected chi connectivity index (χ4v) is 2.29. The average molecular weight is 369 g/mol. The van der Waals surface area contributed by atoms with E-state index in [-0.39, 0.29) is 24.4 Å². The summed E-state index contributed by atoms with van der Waals surface area (Å²) in [7, 11) is 1.75. The van der Waals surface area contributed by atoms with Crippen molar-refractivity contribution < 1.29 is 9.53 Å². The van der Waals surface area contributed by atoms with Crippen molar-refractivity contribution >= 4 is 29.9 Å². The monoisotopic (exact) mass is 368 g/mol. The number of nitrogens with two attached hydrogens (primary N) is 1. The van der Waals surface area contributed by atoms with Crippen molar-refractivity contribution in [3.8, 4) is 5.75 Å². The fraction of sp³-hybridized carbons (Fsp3) is 0.278. The topological polar surface area (TPSA) is 55.6 Å². The third kappa shape index (κ3) is 5.41. The lowest BCUT2D eigenvalue weighted by molar-refractivity contribution is 0.0748. The van der Waals surface area contributed by atoms with Crippen molar-refractivity contribution in [2.45, 2.75) is 19.6 Å². The largest absolute Gasteiger partial charge is 0.489 e. The number of halogens is 2. The summed E-state index contributed by atoms with van der Waals surface area (Å²) in [6.07, 6.45) is 0. The van der Waals surface area contributed by atoms with Crippen molar-refractivity contribution in [2.75, 3.05) is 13.6 Å². The third-order valence-corrected chi connectivity index (χ3v) is 3.93. The summed E-state index contributed by atoms with van der Waals surface area (Å²) in [6.45, 7) is 2.73. The second-order valence-electron chi connectivity index (χ2n) is 5.45. The van der Waals surface area contributed by atoms with E-state index in [1.165, 1.54) is 0 Å². The number of amides is 1. The molecule has 1 unspecified atom stereocenters. The Labute approximate surface area is 154 Å². The Kier molecular flexibility index (Phi) is 8.05. The zero-order valence-electron chi connectivity index (χ0n) is 13.7. The summed E-state index contributed by atoms with van der Waals surface area (Å²) in [5.74, 6) is 0.570. The summed E-state index contributed by atoms with van der Waals surface area (Å²) in [6, 6.07) is 14.6. The van der Waals surface area contributed by atoms with Crippen LogP contribution in [0.4, 0.5) is 0 Å². The Morgan fingerprint density at radius 1 is 1.25 bits per heavy atom. The molecule has 6 heteroatoms. The quantitative estimate of drug-likeness (QED) is 0.844. The molecule has 0 aliphatic carbocycles. The van der Waals surface area contributed by atoms with E-state index < -0.39 is 0 Å². The van der Waals surface area contributed by atoms with Gasteiger partial charge in [0.25, 0.3) is 5.91 Å². The van der Waals surface area contributed by atoms with Gasteiger partial charge < -0.3 is 15.4 Å². The minimum Gasteiger partial charge on any atom is -0.489 e. The molecule has 1 amide bonds. The normalized spacial score (nSPS) is 11.3. The SMILES string of the molecule is CC(CN)N(C)C(=O)c1cccc(OCc2cccc(Cl)c2)c1.Cl. The van der Waals surface area contributed by atoms with Gasteiger partial charge in [0, 0.05) is 30.2 Å². The second-order valence-corrected chi connectivity index (χ2v) is 5.88. The van der Waals surface area contributed by atoms with Gasteiger partial charge in [-0.05, 0) is 42.8 Å². The minimum atomic E-state index is -0.0730. The van der Waals surface area contributed by atoms with E-state index >= 15 is 0 Å². The molecule has 0 spiro atoms. The standard InChI is InChI=1S/C18H21ClN2O2.ClH/c1-13(11-20)21(2)18(22)15-6-4-8-17(10-15)23-12-14-5-3-7-16(19)9-14;/h3-10,13H,11-12,20H2,1-2H3;1H. The first-order chi connectivity index (χ1) is 11.0. The van der Waals surface area contributed by atoms with Crippen LogP contribution in [0.5, 0.6) is 5.75 Å². The van der Waals surface area contributed by atoms with Gasteiger partial charge in [0.15, 0.2) is 0 Å². The van der Waals surface area contributed by atoms with E-state index in [4.69, 9.17) is 22.1 Å². The molecular formula is C18H22Cl2N2O2. The van der Waals surface area contributed by atoms with E-state index in [1.807, 2.05) is 43.3 Å². The van der Waals surface area contributed by atoms with Crippen LogP contribution in [0.2, 0.25) is 5.02 Å². The molecule has 0 heterocycles. The Bertz CT molecular complexity index is 680. The Morgan fingerprint density at radius 3 is 2.62 bits per heavy atom. The number of carbonyl (C=O) groups excluding carboxylic acids is 1. The zero-order chi connectivity index (χ0) is 16.8. The van der Waals surface area contributed by atoms with Crippen LogP contribution in [0.15, 0.2) is 48.5 Å². The summed E-state index contributed by atoms with van der Waals surface area (Å²) in [4.78, 5) is 14.0. The number of benzene rings is 2. The molecule has 1 atom stereocenters. The Balaban J connectivity index is 0.00000288. The van der Waals surface area contributed by atoms with Crippen molar-refractivity contribution in [1.29, 1.82) is 0 Å². The predicted molar refractivity (Wildman–Crippen MR) is 100 cm³/mol. The third-order valence-electron chi connectivity index (χ3n) is 3.70. The highest BCUT2D eigenvalue weighted by Crippen LogP contribution is 2.18. The molecule has 2 aromatic carbocycles. The molecule has 0 saturated carbocycles. The van der Waals surface area contributed by atoms with Crippen LogP contribution >= 0.6 is 24.0 Å². The molecule has 2 rings (SSSR count). The summed E-state index contributed by atoms with van der Waals surface area (Å²) < 4.78 is 5.75. The molecular weight excluding hydrogens is 347 g/mol. The molecule has 2 N–H and O–H groups in total. The number of likely N-dealkylation sites (N-methyl/N-ethyl adjacent to an activating group) is 1. The van der Waals surface area contributed by atoms with Gasteiger partial charge in [-0.15, -0.1) is 12.4 Å². The maximum Gasteiger partial charge on any atom is 0.254 e. The summed E-state index contributed by atoms with van der Waals surface area (Å²) in [5, 5.41) is 0.674. The average Bonchev–Trinajstić information content (AvgIpc) is 2.58. The molecule has 4 nitrogen and oxygen atoms in total. The van der Waals surface area contributed by atoms with E-state index in [0.29, 0.717) is 29.5 Å². The maximum atomic E-state index is 12.4. The molecule has 0 aliphatic heterocycles. The van der Waals surface area contributed by atoms with Gasteiger partial charge in [-0.2, -0.15) is 0 Å². The van der Waals surface area contributed by atoms with Crippen molar-refractivity contribution in [2.24, 2.45) is 5.73 Å². The highest BCUT2D eigenvalue weighted by Gasteiger charge is 2.16. The first-order valence-electron chi connectivity index (χ1n) is 7.46. The van der Waals surface area contributed by atoms with Crippen LogP contribution in [0, 0.1) is 0 Å². The molecule has 0 radical (unpaired) electrons. The molecule has 0 bridgehead atoms. The molecule has 2 aromatic rings. The number of hydrogen-bond donors (Lipinski definition) is 1. The lowest BCUT2D eigenvalue weighted by Gasteiger charge is -2.23. The van der Waals surface area contributed by atoms with Crippen molar-refractivity contribution in [3.05, 3.63) is 64.7 Å². The Morgan fingerprint density at radius 2 is 1.96 bits per heavy atom. The number of rotatable bonds is 6. The van der Waals surface area contributed by atoms with E-state index in [2.05, 4.69) is 0 Å². The van der Waals surface area contributed by atoms with Gasteiger partial charge in [-0.3, -0.25) is 4.79 Å². The molecule has 24 heavy (non-hydrogen) atoms. The number of nitrogens with zero attached hydrogens (tertiary/aromatic N) is 1. The number of carbonyl (C=O) groups is 1. The van der Waals surface area contributed by atoms with E-state index in [0.717, 1.165) is 5.56 Å². The smallest absolute Gasteiger partial charge is 0.254 e. The van der Waals surface area contributed by atoms with Crippen molar-refractivity contribution in [1.82, 2.24) is 4.90 Å². The second kappa shape index (κ2) is 9.52. The first kappa shape index (κ1) is 20.3. The van der Waals surface area contributed by atoms with Gasteiger partial charge in [-0.25, -0.2) is 0 Å². The number of ether oxygens (including phenoxy) is 1. The lowest BCUT2D eigenvalue weighted by atomic mass is 10.1. The summed E-state index contributed by atoms with van der Waals surface area (Å²) in [5.41, 5.74) is 7.17. The van der Waals surface area contributed by atoms with E-state index in [9.17, 15) is 4.79 Å². The highest BCUT2D eigenvalue weighted by atomic mass is 35.5. The van der Waals surface area contributed by atoms with Crippen LogP contribution in [0.1, 0.15) is 22.8 Å². The van der Waals surface area contributed by atoms with Crippen molar-refractivity contribution in [3.63, 3.8) is 0 Å². The van der Waals surface area contributed by atoms with Gasteiger partial charge in [-0.1, -0.05) is 29.8 Å². The van der Waals surface area contributed by atoms with Gasteiger partial charge >= 0.3 is 0 Å². The van der Waals surface area contributed by atoms with Crippen LogP contribution in [0.3, 0.4) is 0 Å². The molecule has 0 saturated heterocycles. The van der Waals surface area contributed by atoms with Gasteiger partial charge in [0.05, 0.1) is 0 Å².